The molecule has 0 fully saturated rings. The minimum Gasteiger partial charge on any atom is -0.369 e. The third-order valence-corrected chi connectivity index (χ3v) is 1.87. The van der Waals surface area contributed by atoms with Crippen molar-refractivity contribution in [3.63, 3.8) is 0 Å². The molecule has 0 radical (unpaired) electrons. The van der Waals surface area contributed by atoms with Gasteiger partial charge in [0.2, 0.25) is 5.91 Å². The molecule has 0 aromatic rings. The van der Waals surface area contributed by atoms with E-state index in [1.165, 1.54) is 12.8 Å². The summed E-state index contributed by atoms with van der Waals surface area (Å²) in [6, 6.07) is 0. The Kier molecular flexibility index (Phi) is 23.5. The molecule has 0 unspecified atom stereocenters. The largest absolute Gasteiger partial charge is 0.369 e. The minimum atomic E-state index is -0.241. The van der Waals surface area contributed by atoms with E-state index in [1.54, 1.807) is 13.8 Å². The molecule has 0 bridgehead atoms. The molecule has 1 amide bonds. The quantitative estimate of drug-likeness (QED) is 0.748. The summed E-state index contributed by atoms with van der Waals surface area (Å²) in [5.74, 6) is -0.250. The number of carbonyl (C=O) groups is 1. The third kappa shape index (κ3) is 29.5. The molecule has 0 saturated heterocycles. The van der Waals surface area contributed by atoms with Crippen LogP contribution in [0.2, 0.25) is 0 Å². The highest BCUT2D eigenvalue weighted by atomic mass is 16.7. The Morgan fingerprint density at radius 3 is 1.33 bits per heavy atom. The van der Waals surface area contributed by atoms with Crippen LogP contribution in [0.5, 0.6) is 0 Å². The highest BCUT2D eigenvalue weighted by Gasteiger charge is 1.96. The second-order valence-corrected chi connectivity index (χ2v) is 4.04. The van der Waals surface area contributed by atoms with Crippen LogP contribution in [-0.2, 0) is 14.3 Å². The molecular formula is C14H33NO3. The topological polar surface area (TPSA) is 61.6 Å². The first kappa shape index (κ1) is 22.6. The molecule has 0 aliphatic heterocycles. The van der Waals surface area contributed by atoms with Gasteiger partial charge >= 0.3 is 0 Å². The molecule has 0 saturated carbocycles. The lowest BCUT2D eigenvalue weighted by atomic mass is 10.2. The summed E-state index contributed by atoms with van der Waals surface area (Å²) in [6.45, 7) is 15.1. The Hall–Kier alpha value is -0.610. The highest BCUT2D eigenvalue weighted by molar-refractivity contribution is 5.75. The average molecular weight is 263 g/mol. The fourth-order valence-electron chi connectivity index (χ4n) is 0.518. The predicted molar refractivity (Wildman–Crippen MR) is 77.3 cm³/mol. The number of nitrogens with two attached hydrogens (primary N) is 1. The summed E-state index contributed by atoms with van der Waals surface area (Å²) in [7, 11) is 0. The molecule has 0 heterocycles. The van der Waals surface area contributed by atoms with Gasteiger partial charge in [-0.1, -0.05) is 40.5 Å². The third-order valence-electron chi connectivity index (χ3n) is 1.87. The van der Waals surface area contributed by atoms with E-state index < -0.39 is 0 Å². The van der Waals surface area contributed by atoms with Crippen LogP contribution >= 0.6 is 0 Å². The van der Waals surface area contributed by atoms with E-state index in [-0.39, 0.29) is 18.1 Å². The van der Waals surface area contributed by atoms with Crippen molar-refractivity contribution in [3.8, 4) is 0 Å². The Morgan fingerprint density at radius 1 is 0.944 bits per heavy atom. The van der Waals surface area contributed by atoms with Gasteiger partial charge < -0.3 is 15.2 Å². The van der Waals surface area contributed by atoms with Crippen molar-refractivity contribution in [2.24, 2.45) is 11.7 Å². The number of hydrogen-bond acceptors (Lipinski definition) is 3. The van der Waals surface area contributed by atoms with Gasteiger partial charge in [-0.25, -0.2) is 0 Å². The van der Waals surface area contributed by atoms with Crippen molar-refractivity contribution in [2.75, 3.05) is 13.2 Å². The van der Waals surface area contributed by atoms with Gasteiger partial charge in [0, 0.05) is 19.1 Å². The normalized spacial score (nSPS) is 9.39. The number of hydrogen-bond donors (Lipinski definition) is 1. The summed E-state index contributed by atoms with van der Waals surface area (Å²) < 4.78 is 10.1. The number of unbranched alkanes of at least 4 members (excludes halogenated alkanes) is 1. The van der Waals surface area contributed by atoms with E-state index in [1.807, 2.05) is 20.8 Å². The zero-order valence-corrected chi connectivity index (χ0v) is 13.3. The van der Waals surface area contributed by atoms with E-state index in [0.29, 0.717) is 0 Å². The molecule has 4 nitrogen and oxygen atoms in total. The maximum atomic E-state index is 9.92. The molecule has 0 aromatic carbocycles. The summed E-state index contributed by atoms with van der Waals surface area (Å²) >= 11 is 0. The standard InChI is InChI=1S/C6H14O2.C4H9NO.C4H10/c1-4-7-6(3)8-5-2;1-3(2)4(5)6;1-3-4-2/h6H,4-5H2,1-3H3;3H,1-2H3,(H2,5,6);3-4H2,1-2H3. The van der Waals surface area contributed by atoms with Gasteiger partial charge in [0.15, 0.2) is 6.29 Å². The second kappa shape index (κ2) is 18.7. The van der Waals surface area contributed by atoms with Crippen molar-refractivity contribution >= 4 is 5.91 Å². The summed E-state index contributed by atoms with van der Waals surface area (Å²) in [5, 5.41) is 0. The van der Waals surface area contributed by atoms with Crippen molar-refractivity contribution in [2.45, 2.75) is 67.6 Å². The zero-order chi connectivity index (χ0) is 15.0. The number of amides is 1. The molecule has 0 aromatic heterocycles. The maximum absolute atomic E-state index is 9.92. The molecule has 0 atom stereocenters. The smallest absolute Gasteiger partial charge is 0.219 e. The van der Waals surface area contributed by atoms with Crippen LogP contribution in [0.1, 0.15) is 61.3 Å². The van der Waals surface area contributed by atoms with Gasteiger partial charge in [0.05, 0.1) is 0 Å². The van der Waals surface area contributed by atoms with Crippen LogP contribution in [-0.4, -0.2) is 25.4 Å². The number of ether oxygens (including phenoxy) is 2. The van der Waals surface area contributed by atoms with Crippen molar-refractivity contribution in [1.29, 1.82) is 0 Å². The van der Waals surface area contributed by atoms with Crippen molar-refractivity contribution in [1.82, 2.24) is 0 Å². The molecule has 0 rings (SSSR count). The van der Waals surface area contributed by atoms with Crippen molar-refractivity contribution in [3.05, 3.63) is 0 Å². The van der Waals surface area contributed by atoms with Crippen LogP contribution in [0.4, 0.5) is 0 Å². The molecule has 0 aliphatic carbocycles. The van der Waals surface area contributed by atoms with Crippen LogP contribution in [0, 0.1) is 5.92 Å². The number of carbonyl (C=O) groups excluding carboxylic acids is 1. The molecule has 0 spiro atoms. The molecule has 0 aliphatic rings. The fraction of sp³-hybridized carbons (Fsp3) is 0.929. The molecule has 18 heavy (non-hydrogen) atoms. The van der Waals surface area contributed by atoms with Gasteiger partial charge in [-0.15, -0.1) is 0 Å². The SMILES string of the molecule is CC(C)C(N)=O.CCCC.CCOC(C)OCC. The van der Waals surface area contributed by atoms with Crippen molar-refractivity contribution < 1.29 is 14.3 Å². The highest BCUT2D eigenvalue weighted by Crippen LogP contribution is 1.90. The van der Waals surface area contributed by atoms with E-state index >= 15 is 0 Å². The number of primary amides is 1. The van der Waals surface area contributed by atoms with Crippen LogP contribution in [0.3, 0.4) is 0 Å². The van der Waals surface area contributed by atoms with E-state index in [4.69, 9.17) is 15.2 Å². The monoisotopic (exact) mass is 263 g/mol. The van der Waals surface area contributed by atoms with E-state index in [0.717, 1.165) is 13.2 Å². The molecule has 112 valence electrons. The van der Waals surface area contributed by atoms with Gasteiger partial charge in [-0.3, -0.25) is 4.79 Å². The first-order chi connectivity index (χ1) is 8.37. The number of rotatable bonds is 6. The lowest BCUT2D eigenvalue weighted by molar-refractivity contribution is -0.123. The first-order valence-corrected chi connectivity index (χ1v) is 6.89. The summed E-state index contributed by atoms with van der Waals surface area (Å²) in [5.41, 5.74) is 4.80. The van der Waals surface area contributed by atoms with E-state index in [9.17, 15) is 4.79 Å². The first-order valence-electron chi connectivity index (χ1n) is 6.89. The maximum Gasteiger partial charge on any atom is 0.219 e. The van der Waals surface area contributed by atoms with Gasteiger partial charge in [-0.05, 0) is 20.8 Å². The van der Waals surface area contributed by atoms with Crippen LogP contribution < -0.4 is 5.73 Å². The minimum absolute atomic E-state index is 0.00926. The predicted octanol–water partition coefficient (Wildman–Crippen LogP) is 3.34. The second-order valence-electron chi connectivity index (χ2n) is 4.04. The Bertz CT molecular complexity index is 153. The average Bonchev–Trinajstić information content (AvgIpc) is 2.30. The lowest BCUT2D eigenvalue weighted by Crippen LogP contribution is -2.17. The van der Waals surface area contributed by atoms with Gasteiger partial charge in [0.1, 0.15) is 0 Å². The Labute approximate surface area is 113 Å². The summed E-state index contributed by atoms with van der Waals surface area (Å²) in [4.78, 5) is 9.92. The van der Waals surface area contributed by atoms with Gasteiger partial charge in [0.25, 0.3) is 0 Å². The zero-order valence-electron chi connectivity index (χ0n) is 13.3. The fourth-order valence-corrected chi connectivity index (χ4v) is 0.518. The molecule has 2 N–H and O–H groups in total. The van der Waals surface area contributed by atoms with E-state index in [2.05, 4.69) is 13.8 Å². The molecule has 4 heteroatoms. The molecular weight excluding hydrogens is 230 g/mol. The van der Waals surface area contributed by atoms with Crippen LogP contribution in [0.15, 0.2) is 0 Å². The van der Waals surface area contributed by atoms with Crippen LogP contribution in [0.25, 0.3) is 0 Å². The summed E-state index contributed by atoms with van der Waals surface area (Å²) in [6.07, 6.45) is 2.60. The lowest BCUT2D eigenvalue weighted by Gasteiger charge is -2.09. The Morgan fingerprint density at radius 2 is 1.22 bits per heavy atom. The Balaban J connectivity index is -0.000000200. The van der Waals surface area contributed by atoms with Gasteiger partial charge in [-0.2, -0.15) is 0 Å².